The Labute approximate surface area is 121 Å². The third-order valence-electron chi connectivity index (χ3n) is 3.21. The molecule has 2 aromatic rings. The largest absolute Gasteiger partial charge is 0.492 e. The van der Waals surface area contributed by atoms with Gasteiger partial charge in [0.15, 0.2) is 0 Å². The van der Waals surface area contributed by atoms with Gasteiger partial charge < -0.3 is 15.4 Å². The van der Waals surface area contributed by atoms with Crippen LogP contribution in [0.15, 0.2) is 54.6 Å². The molecule has 1 atom stereocenters. The van der Waals surface area contributed by atoms with E-state index in [1.807, 2.05) is 68.7 Å². The summed E-state index contributed by atoms with van der Waals surface area (Å²) < 4.78 is 5.67. The number of hydrogen-bond donors (Lipinski definition) is 1. The van der Waals surface area contributed by atoms with Crippen LogP contribution in [0.2, 0.25) is 0 Å². The van der Waals surface area contributed by atoms with E-state index >= 15 is 0 Å². The molecule has 2 aromatic carbocycles. The smallest absolute Gasteiger partial charge is 0.119 e. The minimum Gasteiger partial charge on any atom is -0.492 e. The number of hydrogen-bond acceptors (Lipinski definition) is 3. The Kier molecular flexibility index (Phi) is 5.16. The van der Waals surface area contributed by atoms with Gasteiger partial charge in [-0.15, -0.1) is 0 Å². The lowest BCUT2D eigenvalue weighted by Gasteiger charge is -2.14. The molecule has 20 heavy (non-hydrogen) atoms. The topological polar surface area (TPSA) is 38.5 Å². The second kappa shape index (κ2) is 7.08. The van der Waals surface area contributed by atoms with Gasteiger partial charge in [-0.25, -0.2) is 0 Å². The van der Waals surface area contributed by atoms with Crippen molar-refractivity contribution in [2.45, 2.75) is 6.04 Å². The molecule has 0 amide bonds. The highest BCUT2D eigenvalue weighted by Crippen LogP contribution is 2.21. The average molecular weight is 270 g/mol. The third kappa shape index (κ3) is 4.08. The summed E-state index contributed by atoms with van der Waals surface area (Å²) in [5.41, 5.74) is 8.47. The van der Waals surface area contributed by atoms with E-state index in [0.29, 0.717) is 6.61 Å². The highest BCUT2D eigenvalue weighted by Gasteiger charge is 2.08. The van der Waals surface area contributed by atoms with E-state index in [4.69, 9.17) is 10.5 Å². The average Bonchev–Trinajstić information content (AvgIpc) is 2.48. The summed E-state index contributed by atoms with van der Waals surface area (Å²) in [6.45, 7) is 1.60. The summed E-state index contributed by atoms with van der Waals surface area (Å²) in [5.74, 6) is 0.885. The van der Waals surface area contributed by atoms with Gasteiger partial charge in [-0.1, -0.05) is 42.5 Å². The van der Waals surface area contributed by atoms with E-state index in [1.54, 1.807) is 0 Å². The number of nitrogens with two attached hydrogens (primary N) is 1. The lowest BCUT2D eigenvalue weighted by atomic mass is 10.00. The lowest BCUT2D eigenvalue weighted by molar-refractivity contribution is 0.261. The van der Waals surface area contributed by atoms with E-state index in [0.717, 1.165) is 23.4 Å². The lowest BCUT2D eigenvalue weighted by Crippen LogP contribution is -2.19. The standard InChI is InChI=1S/C17H22N2O/c1-19(2)12-13-20-16-10-8-15(9-11-16)17(18)14-6-4-3-5-7-14/h3-11,17H,12-13,18H2,1-2H3. The van der Waals surface area contributed by atoms with E-state index in [-0.39, 0.29) is 6.04 Å². The van der Waals surface area contributed by atoms with Crippen LogP contribution in [-0.2, 0) is 0 Å². The van der Waals surface area contributed by atoms with Gasteiger partial charge in [0.05, 0.1) is 6.04 Å². The number of benzene rings is 2. The molecular weight excluding hydrogens is 248 g/mol. The molecule has 1 unspecified atom stereocenters. The normalized spacial score (nSPS) is 12.4. The molecule has 3 nitrogen and oxygen atoms in total. The molecule has 0 spiro atoms. The van der Waals surface area contributed by atoms with Crippen molar-refractivity contribution in [2.24, 2.45) is 5.73 Å². The Hall–Kier alpha value is -1.84. The van der Waals surface area contributed by atoms with Gasteiger partial charge in [0.1, 0.15) is 12.4 Å². The summed E-state index contributed by atoms with van der Waals surface area (Å²) in [5, 5.41) is 0. The van der Waals surface area contributed by atoms with E-state index in [9.17, 15) is 0 Å². The summed E-state index contributed by atoms with van der Waals surface area (Å²) in [4.78, 5) is 2.10. The highest BCUT2D eigenvalue weighted by atomic mass is 16.5. The zero-order valence-electron chi connectivity index (χ0n) is 12.1. The molecule has 0 aliphatic carbocycles. The number of ether oxygens (including phenoxy) is 1. The van der Waals surface area contributed by atoms with E-state index in [2.05, 4.69) is 4.90 Å². The van der Waals surface area contributed by atoms with Crippen LogP contribution in [0.1, 0.15) is 17.2 Å². The van der Waals surface area contributed by atoms with Crippen LogP contribution < -0.4 is 10.5 Å². The first kappa shape index (κ1) is 14.6. The van der Waals surface area contributed by atoms with Crippen molar-refractivity contribution in [2.75, 3.05) is 27.2 Å². The van der Waals surface area contributed by atoms with Gasteiger partial charge in [-0.2, -0.15) is 0 Å². The van der Waals surface area contributed by atoms with Crippen LogP contribution in [0.3, 0.4) is 0 Å². The van der Waals surface area contributed by atoms with Crippen LogP contribution in [0.5, 0.6) is 5.75 Å². The zero-order chi connectivity index (χ0) is 14.4. The molecule has 2 rings (SSSR count). The summed E-state index contributed by atoms with van der Waals surface area (Å²) in [7, 11) is 4.07. The molecule has 0 heterocycles. The Bertz CT molecular complexity index is 508. The summed E-state index contributed by atoms with van der Waals surface area (Å²) >= 11 is 0. The molecule has 0 saturated heterocycles. The number of likely N-dealkylation sites (N-methyl/N-ethyl adjacent to an activating group) is 1. The molecule has 0 fully saturated rings. The van der Waals surface area contributed by atoms with Crippen molar-refractivity contribution in [1.82, 2.24) is 4.90 Å². The maximum Gasteiger partial charge on any atom is 0.119 e. The summed E-state index contributed by atoms with van der Waals surface area (Å²) in [6, 6.07) is 18.0. The Morgan fingerprint density at radius 2 is 1.55 bits per heavy atom. The maximum atomic E-state index is 6.26. The monoisotopic (exact) mass is 270 g/mol. The molecule has 106 valence electrons. The van der Waals surface area contributed by atoms with Crippen molar-refractivity contribution < 1.29 is 4.74 Å². The first-order chi connectivity index (χ1) is 9.66. The molecule has 0 aliphatic rings. The molecular formula is C17H22N2O. The second-order valence-corrected chi connectivity index (χ2v) is 5.11. The molecule has 0 aromatic heterocycles. The van der Waals surface area contributed by atoms with Crippen LogP contribution in [0.4, 0.5) is 0 Å². The van der Waals surface area contributed by atoms with Crippen LogP contribution in [0, 0.1) is 0 Å². The predicted octanol–water partition coefficient (Wildman–Crippen LogP) is 2.68. The van der Waals surface area contributed by atoms with Crippen molar-refractivity contribution >= 4 is 0 Å². The number of rotatable bonds is 6. The molecule has 2 N–H and O–H groups in total. The van der Waals surface area contributed by atoms with Gasteiger partial charge in [0.25, 0.3) is 0 Å². The molecule has 0 radical (unpaired) electrons. The van der Waals surface area contributed by atoms with Crippen molar-refractivity contribution in [3.05, 3.63) is 65.7 Å². The zero-order valence-corrected chi connectivity index (χ0v) is 12.1. The molecule has 0 saturated carbocycles. The fourth-order valence-electron chi connectivity index (χ4n) is 1.97. The number of nitrogens with zero attached hydrogens (tertiary/aromatic N) is 1. The fraction of sp³-hybridized carbons (Fsp3) is 0.294. The quantitative estimate of drug-likeness (QED) is 0.877. The van der Waals surface area contributed by atoms with Crippen molar-refractivity contribution in [3.63, 3.8) is 0 Å². The first-order valence-corrected chi connectivity index (χ1v) is 6.85. The Balaban J connectivity index is 1.97. The van der Waals surface area contributed by atoms with E-state index < -0.39 is 0 Å². The predicted molar refractivity (Wildman–Crippen MR) is 83.0 cm³/mol. The van der Waals surface area contributed by atoms with Gasteiger partial charge in [-0.3, -0.25) is 0 Å². The second-order valence-electron chi connectivity index (χ2n) is 5.11. The summed E-state index contributed by atoms with van der Waals surface area (Å²) in [6.07, 6.45) is 0. The van der Waals surface area contributed by atoms with Gasteiger partial charge in [-0.05, 0) is 37.4 Å². The van der Waals surface area contributed by atoms with Gasteiger partial charge in [0, 0.05) is 6.54 Å². The maximum absolute atomic E-state index is 6.26. The Morgan fingerprint density at radius 3 is 2.15 bits per heavy atom. The van der Waals surface area contributed by atoms with Gasteiger partial charge in [0.2, 0.25) is 0 Å². The molecule has 0 aliphatic heterocycles. The molecule has 0 bridgehead atoms. The fourth-order valence-corrected chi connectivity index (χ4v) is 1.97. The van der Waals surface area contributed by atoms with Crippen LogP contribution >= 0.6 is 0 Å². The van der Waals surface area contributed by atoms with Crippen LogP contribution in [-0.4, -0.2) is 32.1 Å². The van der Waals surface area contributed by atoms with E-state index in [1.165, 1.54) is 0 Å². The SMILES string of the molecule is CN(C)CCOc1ccc(C(N)c2ccccc2)cc1. The molecule has 3 heteroatoms. The minimum absolute atomic E-state index is 0.0907. The van der Waals surface area contributed by atoms with Crippen molar-refractivity contribution in [1.29, 1.82) is 0 Å². The van der Waals surface area contributed by atoms with Crippen molar-refractivity contribution in [3.8, 4) is 5.75 Å². The minimum atomic E-state index is -0.0907. The van der Waals surface area contributed by atoms with Crippen LogP contribution in [0.25, 0.3) is 0 Å². The third-order valence-corrected chi connectivity index (χ3v) is 3.21. The van der Waals surface area contributed by atoms with Gasteiger partial charge >= 0.3 is 0 Å². The Morgan fingerprint density at radius 1 is 0.950 bits per heavy atom. The highest BCUT2D eigenvalue weighted by molar-refractivity contribution is 5.35. The first-order valence-electron chi connectivity index (χ1n) is 6.85.